The highest BCUT2D eigenvalue weighted by atomic mass is 127. The molecule has 0 saturated carbocycles. The predicted octanol–water partition coefficient (Wildman–Crippen LogP) is 5.28. The zero-order chi connectivity index (χ0) is 17.2. The molecule has 0 bridgehead atoms. The highest BCUT2D eigenvalue weighted by Gasteiger charge is 2.23. The van der Waals surface area contributed by atoms with Gasteiger partial charge >= 0.3 is 0 Å². The number of piperazine rings is 1. The van der Waals surface area contributed by atoms with Crippen LogP contribution in [0.5, 0.6) is 0 Å². The van der Waals surface area contributed by atoms with Crippen molar-refractivity contribution in [1.82, 2.24) is 9.80 Å². The van der Waals surface area contributed by atoms with Gasteiger partial charge in [0, 0.05) is 50.8 Å². The number of hydrogen-bond acceptors (Lipinski definition) is 3. The Balaban J connectivity index is 1.72. The van der Waals surface area contributed by atoms with Gasteiger partial charge in [-0.15, -0.1) is 0 Å². The zero-order valence-corrected chi connectivity index (χ0v) is 17.5. The lowest BCUT2D eigenvalue weighted by Gasteiger charge is -2.37. The van der Waals surface area contributed by atoms with Crippen LogP contribution in [0.4, 0.5) is 0 Å². The molecule has 4 rings (SSSR count). The summed E-state index contributed by atoms with van der Waals surface area (Å²) < 4.78 is 1.30. The first-order valence-corrected chi connectivity index (χ1v) is 10.9. The topological polar surface area (TPSA) is 6.48 Å². The van der Waals surface area contributed by atoms with Crippen LogP contribution in [0.15, 0.2) is 52.3 Å². The standard InChI is InChI=1S/C21H23IN2S/c1-2-9-23-10-12-24(13-11-23)19-14-16-5-3-4-6-20(16)25-21-8-7-17(22)15-18(19)21/h3-8,14-15H,2,9-13H2,1H3. The van der Waals surface area contributed by atoms with Crippen LogP contribution in [0.1, 0.15) is 24.5 Å². The molecule has 2 aromatic carbocycles. The molecule has 25 heavy (non-hydrogen) atoms. The first-order valence-electron chi connectivity index (χ1n) is 9.00. The highest BCUT2D eigenvalue weighted by Crippen LogP contribution is 2.42. The van der Waals surface area contributed by atoms with Gasteiger partial charge in [0.1, 0.15) is 0 Å². The first-order chi connectivity index (χ1) is 12.2. The minimum absolute atomic E-state index is 1.11. The summed E-state index contributed by atoms with van der Waals surface area (Å²) in [5, 5.41) is 0. The van der Waals surface area contributed by atoms with E-state index >= 15 is 0 Å². The molecule has 0 N–H and O–H groups in total. The minimum atomic E-state index is 1.11. The van der Waals surface area contributed by atoms with Gasteiger partial charge < -0.3 is 4.90 Å². The van der Waals surface area contributed by atoms with E-state index in [9.17, 15) is 0 Å². The van der Waals surface area contributed by atoms with Gasteiger partial charge in [-0.3, -0.25) is 4.90 Å². The molecule has 2 nitrogen and oxygen atoms in total. The average Bonchev–Trinajstić information content (AvgIpc) is 2.79. The third-order valence-corrected chi connectivity index (χ3v) is 6.74. The molecule has 2 aromatic rings. The van der Waals surface area contributed by atoms with Crippen molar-refractivity contribution in [3.05, 3.63) is 57.2 Å². The second-order valence-corrected chi connectivity index (χ2v) is 8.97. The molecular weight excluding hydrogens is 439 g/mol. The van der Waals surface area contributed by atoms with Gasteiger partial charge in [-0.25, -0.2) is 0 Å². The van der Waals surface area contributed by atoms with Crippen LogP contribution < -0.4 is 0 Å². The molecule has 0 spiro atoms. The fourth-order valence-corrected chi connectivity index (χ4v) is 5.15. The number of nitrogens with zero attached hydrogens (tertiary/aromatic N) is 2. The number of halogens is 1. The Bertz CT molecular complexity index is 794. The van der Waals surface area contributed by atoms with Crippen LogP contribution in [-0.2, 0) is 0 Å². The quantitative estimate of drug-likeness (QED) is 0.573. The van der Waals surface area contributed by atoms with Crippen LogP contribution in [0.2, 0.25) is 0 Å². The summed E-state index contributed by atoms with van der Waals surface area (Å²) >= 11 is 4.33. The van der Waals surface area contributed by atoms with Gasteiger partial charge in [0.2, 0.25) is 0 Å². The van der Waals surface area contributed by atoms with Crippen molar-refractivity contribution in [1.29, 1.82) is 0 Å². The SMILES string of the molecule is CCCN1CCN(C2=Cc3ccccc3Sc3ccc(I)cc32)CC1. The maximum absolute atomic E-state index is 2.59. The van der Waals surface area contributed by atoms with Gasteiger partial charge in [-0.2, -0.15) is 0 Å². The van der Waals surface area contributed by atoms with Gasteiger partial charge in [0.25, 0.3) is 0 Å². The van der Waals surface area contributed by atoms with Gasteiger partial charge in [-0.05, 0) is 71.5 Å². The predicted molar refractivity (Wildman–Crippen MR) is 116 cm³/mol. The lowest BCUT2D eigenvalue weighted by Crippen LogP contribution is -2.45. The second-order valence-electron chi connectivity index (χ2n) is 6.64. The summed E-state index contributed by atoms with van der Waals surface area (Å²) in [5.41, 5.74) is 4.11. The van der Waals surface area contributed by atoms with E-state index < -0.39 is 0 Å². The average molecular weight is 462 g/mol. The van der Waals surface area contributed by atoms with Crippen molar-refractivity contribution < 1.29 is 0 Å². The second kappa shape index (κ2) is 7.72. The molecule has 0 aliphatic carbocycles. The molecule has 1 fully saturated rings. The van der Waals surface area contributed by atoms with Crippen LogP contribution in [-0.4, -0.2) is 42.5 Å². The monoisotopic (exact) mass is 462 g/mol. The number of benzene rings is 2. The van der Waals surface area contributed by atoms with E-state index in [0.29, 0.717) is 0 Å². The summed E-state index contributed by atoms with van der Waals surface area (Å²) in [5.74, 6) is 0. The van der Waals surface area contributed by atoms with E-state index in [-0.39, 0.29) is 0 Å². The Morgan fingerprint density at radius 3 is 2.60 bits per heavy atom. The van der Waals surface area contributed by atoms with Crippen molar-refractivity contribution in [3.8, 4) is 0 Å². The molecule has 2 aliphatic heterocycles. The van der Waals surface area contributed by atoms with Crippen molar-refractivity contribution in [2.75, 3.05) is 32.7 Å². The maximum atomic E-state index is 2.59. The Kier molecular flexibility index (Phi) is 5.39. The molecule has 0 atom stereocenters. The minimum Gasteiger partial charge on any atom is -0.368 e. The van der Waals surface area contributed by atoms with Crippen LogP contribution in [0, 0.1) is 3.57 Å². The van der Waals surface area contributed by atoms with Crippen LogP contribution >= 0.6 is 34.4 Å². The maximum Gasteiger partial charge on any atom is 0.0458 e. The Hall–Kier alpha value is -0.980. The molecule has 1 saturated heterocycles. The summed E-state index contributed by atoms with van der Waals surface area (Å²) in [6, 6.07) is 15.6. The van der Waals surface area contributed by atoms with Gasteiger partial charge in [0.05, 0.1) is 0 Å². The van der Waals surface area contributed by atoms with Crippen molar-refractivity contribution >= 4 is 46.1 Å². The third-order valence-electron chi connectivity index (χ3n) is 4.90. The van der Waals surface area contributed by atoms with E-state index in [2.05, 4.69) is 87.9 Å². The van der Waals surface area contributed by atoms with Gasteiger partial charge in [-0.1, -0.05) is 36.9 Å². The summed E-state index contributed by atoms with van der Waals surface area (Å²) in [6.07, 6.45) is 3.65. The highest BCUT2D eigenvalue weighted by molar-refractivity contribution is 14.1. The van der Waals surface area contributed by atoms with E-state index in [1.165, 1.54) is 56.2 Å². The number of rotatable bonds is 3. The van der Waals surface area contributed by atoms with E-state index in [1.54, 1.807) is 0 Å². The molecule has 0 radical (unpaired) electrons. The van der Waals surface area contributed by atoms with Crippen LogP contribution in [0.25, 0.3) is 11.8 Å². The molecule has 0 unspecified atom stereocenters. The third kappa shape index (κ3) is 3.76. The fourth-order valence-electron chi connectivity index (χ4n) is 3.62. The molecule has 0 amide bonds. The Morgan fingerprint density at radius 1 is 1.00 bits per heavy atom. The smallest absolute Gasteiger partial charge is 0.0458 e. The fraction of sp³-hybridized carbons (Fsp3) is 0.333. The lowest BCUT2D eigenvalue weighted by molar-refractivity contribution is 0.176. The molecular formula is C21H23IN2S. The van der Waals surface area contributed by atoms with E-state index in [1.807, 2.05) is 11.8 Å². The Labute approximate surface area is 168 Å². The van der Waals surface area contributed by atoms with Crippen molar-refractivity contribution in [2.24, 2.45) is 0 Å². The summed E-state index contributed by atoms with van der Waals surface area (Å²) in [7, 11) is 0. The zero-order valence-electron chi connectivity index (χ0n) is 14.5. The normalized spacial score (nSPS) is 17.5. The van der Waals surface area contributed by atoms with Crippen molar-refractivity contribution in [2.45, 2.75) is 23.1 Å². The molecule has 2 heterocycles. The van der Waals surface area contributed by atoms with Crippen LogP contribution in [0.3, 0.4) is 0 Å². The van der Waals surface area contributed by atoms with Gasteiger partial charge in [0.15, 0.2) is 0 Å². The Morgan fingerprint density at radius 2 is 1.80 bits per heavy atom. The summed E-state index contributed by atoms with van der Waals surface area (Å²) in [4.78, 5) is 7.90. The molecule has 4 heteroatoms. The molecule has 2 aliphatic rings. The lowest BCUT2D eigenvalue weighted by atomic mass is 10.1. The van der Waals surface area contributed by atoms with E-state index in [4.69, 9.17) is 0 Å². The number of hydrogen-bond donors (Lipinski definition) is 0. The first kappa shape index (κ1) is 17.4. The molecule has 0 aromatic heterocycles. The van der Waals surface area contributed by atoms with Crippen molar-refractivity contribution in [3.63, 3.8) is 0 Å². The van der Waals surface area contributed by atoms with E-state index in [0.717, 1.165) is 13.1 Å². The molecule has 130 valence electrons. The summed E-state index contributed by atoms with van der Waals surface area (Å²) in [6.45, 7) is 8.05. The largest absolute Gasteiger partial charge is 0.368 e. The number of fused-ring (bicyclic) bond motifs is 2.